The maximum absolute atomic E-state index is 5.29. The highest BCUT2D eigenvalue weighted by molar-refractivity contribution is 5.75. The first kappa shape index (κ1) is 9.77. The molecule has 4 N–H and O–H groups in total. The highest BCUT2D eigenvalue weighted by atomic mass is 15.2. The zero-order valence-corrected chi connectivity index (χ0v) is 8.65. The van der Waals surface area contributed by atoms with Crippen LogP contribution in [0.15, 0.2) is 4.99 Å². The number of hydrogen-bond donors (Lipinski definition) is 2. The maximum Gasteiger partial charge on any atom is 0.185 e. The van der Waals surface area contributed by atoms with E-state index in [0.717, 1.165) is 25.0 Å². The molecule has 4 heteroatoms. The first-order valence-corrected chi connectivity index (χ1v) is 5.55. The monoisotopic (exact) mass is 196 g/mol. The molecule has 2 fully saturated rings. The third-order valence-electron chi connectivity index (χ3n) is 3.45. The van der Waals surface area contributed by atoms with Gasteiger partial charge < -0.3 is 11.5 Å². The molecule has 1 aliphatic carbocycles. The van der Waals surface area contributed by atoms with Gasteiger partial charge in [-0.15, -0.1) is 0 Å². The van der Waals surface area contributed by atoms with Gasteiger partial charge in [0.05, 0.1) is 6.54 Å². The quantitative estimate of drug-likeness (QED) is 0.498. The van der Waals surface area contributed by atoms with E-state index in [1.807, 2.05) is 0 Å². The third kappa shape index (κ3) is 2.18. The molecule has 2 aliphatic rings. The van der Waals surface area contributed by atoms with Crippen LogP contribution >= 0.6 is 0 Å². The van der Waals surface area contributed by atoms with Gasteiger partial charge in [0.15, 0.2) is 5.96 Å². The largest absolute Gasteiger partial charge is 0.370 e. The van der Waals surface area contributed by atoms with E-state index in [1.165, 1.54) is 32.2 Å². The van der Waals surface area contributed by atoms with Gasteiger partial charge in [0.2, 0.25) is 0 Å². The van der Waals surface area contributed by atoms with E-state index in [1.54, 1.807) is 0 Å². The topological polar surface area (TPSA) is 67.6 Å². The molecule has 1 heterocycles. The van der Waals surface area contributed by atoms with Crippen molar-refractivity contribution in [3.05, 3.63) is 0 Å². The van der Waals surface area contributed by atoms with Gasteiger partial charge in [-0.3, -0.25) is 9.89 Å². The van der Waals surface area contributed by atoms with Crippen LogP contribution in [0.4, 0.5) is 0 Å². The van der Waals surface area contributed by atoms with Crippen molar-refractivity contribution in [2.24, 2.45) is 22.4 Å². The first-order valence-electron chi connectivity index (χ1n) is 5.55. The fraction of sp³-hybridized carbons (Fsp3) is 0.900. The van der Waals surface area contributed by atoms with E-state index >= 15 is 0 Å². The number of likely N-dealkylation sites (tertiary alicyclic amines) is 1. The van der Waals surface area contributed by atoms with Gasteiger partial charge in [0.25, 0.3) is 0 Å². The Bertz CT molecular complexity index is 222. The van der Waals surface area contributed by atoms with E-state index in [9.17, 15) is 0 Å². The molecule has 1 saturated heterocycles. The Hall–Kier alpha value is -0.770. The molecule has 0 amide bonds. The molecule has 1 aliphatic heterocycles. The minimum atomic E-state index is 0.215. The summed E-state index contributed by atoms with van der Waals surface area (Å²) in [6.07, 6.45) is 5.61. The van der Waals surface area contributed by atoms with Crippen molar-refractivity contribution in [1.82, 2.24) is 4.90 Å². The zero-order chi connectivity index (χ0) is 9.97. The van der Waals surface area contributed by atoms with Gasteiger partial charge in [0, 0.05) is 19.1 Å². The van der Waals surface area contributed by atoms with Gasteiger partial charge in [-0.25, -0.2) is 0 Å². The smallest absolute Gasteiger partial charge is 0.185 e. The summed E-state index contributed by atoms with van der Waals surface area (Å²) >= 11 is 0. The summed E-state index contributed by atoms with van der Waals surface area (Å²) < 4.78 is 0. The summed E-state index contributed by atoms with van der Waals surface area (Å²) in [7, 11) is 0. The van der Waals surface area contributed by atoms with E-state index in [0.29, 0.717) is 0 Å². The van der Waals surface area contributed by atoms with Crippen molar-refractivity contribution in [1.29, 1.82) is 0 Å². The summed E-state index contributed by atoms with van der Waals surface area (Å²) in [5.41, 5.74) is 10.6. The Morgan fingerprint density at radius 3 is 2.93 bits per heavy atom. The summed E-state index contributed by atoms with van der Waals surface area (Å²) in [6.45, 7) is 3.05. The predicted molar refractivity (Wildman–Crippen MR) is 58.0 cm³/mol. The number of fused-ring (bicyclic) bond motifs is 2. The van der Waals surface area contributed by atoms with Gasteiger partial charge in [0.1, 0.15) is 0 Å². The third-order valence-corrected chi connectivity index (χ3v) is 3.45. The van der Waals surface area contributed by atoms with Crippen LogP contribution in [0.2, 0.25) is 0 Å². The Labute approximate surface area is 85.3 Å². The lowest BCUT2D eigenvalue weighted by Crippen LogP contribution is -2.32. The Kier molecular flexibility index (Phi) is 2.91. The van der Waals surface area contributed by atoms with Gasteiger partial charge >= 0.3 is 0 Å². The highest BCUT2D eigenvalue weighted by Crippen LogP contribution is 2.34. The van der Waals surface area contributed by atoms with Gasteiger partial charge in [-0.05, 0) is 25.2 Å². The van der Waals surface area contributed by atoms with Crippen LogP contribution in [0, 0.1) is 5.92 Å². The van der Waals surface area contributed by atoms with Crippen LogP contribution < -0.4 is 11.5 Å². The van der Waals surface area contributed by atoms with Gasteiger partial charge in [-0.2, -0.15) is 0 Å². The predicted octanol–water partition coefficient (Wildman–Crippen LogP) is 0.134. The number of nitrogens with two attached hydrogens (primary N) is 2. The maximum atomic E-state index is 5.29. The van der Waals surface area contributed by atoms with Crippen LogP contribution in [0.5, 0.6) is 0 Å². The molecule has 0 spiro atoms. The molecular weight excluding hydrogens is 176 g/mol. The van der Waals surface area contributed by atoms with Crippen molar-refractivity contribution < 1.29 is 0 Å². The average Bonchev–Trinajstić information content (AvgIpc) is 2.41. The van der Waals surface area contributed by atoms with Crippen molar-refractivity contribution >= 4 is 5.96 Å². The minimum Gasteiger partial charge on any atom is -0.370 e. The summed E-state index contributed by atoms with van der Waals surface area (Å²) in [6, 6.07) is 0.822. The first-order chi connectivity index (χ1) is 6.75. The average molecular weight is 196 g/mol. The fourth-order valence-electron chi connectivity index (χ4n) is 2.82. The number of rotatable bonds is 3. The van der Waals surface area contributed by atoms with Crippen LogP contribution in [-0.4, -0.2) is 36.5 Å². The second kappa shape index (κ2) is 4.17. The van der Waals surface area contributed by atoms with Crippen molar-refractivity contribution in [3.63, 3.8) is 0 Å². The highest BCUT2D eigenvalue weighted by Gasteiger charge is 2.34. The standard InChI is InChI=1S/C10H20N4/c11-10(12)13-4-5-14-7-8-2-1-3-9(14)6-8/h8-9H,1-7H2,(H4,11,12,13). The second-order valence-electron chi connectivity index (χ2n) is 4.49. The molecule has 0 aromatic carbocycles. The molecule has 4 nitrogen and oxygen atoms in total. The second-order valence-corrected chi connectivity index (χ2v) is 4.49. The molecule has 1 saturated carbocycles. The normalized spacial score (nSPS) is 31.7. The Balaban J connectivity index is 1.79. The molecule has 2 rings (SSSR count). The summed E-state index contributed by atoms with van der Waals surface area (Å²) in [5, 5.41) is 0. The number of hydrogen-bond acceptors (Lipinski definition) is 2. The van der Waals surface area contributed by atoms with E-state index in [2.05, 4.69) is 9.89 Å². The van der Waals surface area contributed by atoms with E-state index in [-0.39, 0.29) is 5.96 Å². The van der Waals surface area contributed by atoms with Crippen LogP contribution in [0.1, 0.15) is 25.7 Å². The molecule has 2 unspecified atom stereocenters. The van der Waals surface area contributed by atoms with E-state index < -0.39 is 0 Å². The van der Waals surface area contributed by atoms with Crippen molar-refractivity contribution in [3.8, 4) is 0 Å². The van der Waals surface area contributed by atoms with E-state index in [4.69, 9.17) is 11.5 Å². The van der Waals surface area contributed by atoms with Gasteiger partial charge in [-0.1, -0.05) is 6.42 Å². The van der Waals surface area contributed by atoms with Crippen LogP contribution in [0.3, 0.4) is 0 Å². The fourth-order valence-corrected chi connectivity index (χ4v) is 2.82. The Morgan fingerprint density at radius 2 is 2.21 bits per heavy atom. The SMILES string of the molecule is NC(N)=NCCN1CC2CCCC1C2. The molecule has 80 valence electrons. The molecule has 0 aromatic heterocycles. The molecule has 0 radical (unpaired) electrons. The number of guanidine groups is 1. The molecular formula is C10H20N4. The zero-order valence-electron chi connectivity index (χ0n) is 8.65. The lowest BCUT2D eigenvalue weighted by Gasteiger charge is -2.23. The lowest BCUT2D eigenvalue weighted by atomic mass is 9.90. The summed E-state index contributed by atoms with van der Waals surface area (Å²) in [5.74, 6) is 1.17. The Morgan fingerprint density at radius 1 is 1.36 bits per heavy atom. The summed E-state index contributed by atoms with van der Waals surface area (Å²) in [4.78, 5) is 6.59. The minimum absolute atomic E-state index is 0.215. The molecule has 2 atom stereocenters. The van der Waals surface area contributed by atoms with Crippen molar-refractivity contribution in [2.75, 3.05) is 19.6 Å². The van der Waals surface area contributed by atoms with Crippen LogP contribution in [0.25, 0.3) is 0 Å². The molecule has 0 aromatic rings. The molecule has 2 bridgehead atoms. The lowest BCUT2D eigenvalue weighted by molar-refractivity contribution is 0.251. The molecule has 14 heavy (non-hydrogen) atoms. The van der Waals surface area contributed by atoms with Crippen LogP contribution in [-0.2, 0) is 0 Å². The number of aliphatic imine (C=N–C) groups is 1. The van der Waals surface area contributed by atoms with Crippen molar-refractivity contribution in [2.45, 2.75) is 31.7 Å². The number of nitrogens with zero attached hydrogens (tertiary/aromatic N) is 2.